The van der Waals surface area contributed by atoms with Crippen LogP contribution in [0.3, 0.4) is 0 Å². The number of hydrogen-bond acceptors (Lipinski definition) is 5. The molecule has 2 aromatic carbocycles. The van der Waals surface area contributed by atoms with E-state index in [4.69, 9.17) is 10.5 Å². The number of halogens is 1. The quantitative estimate of drug-likeness (QED) is 0.614. The van der Waals surface area contributed by atoms with Gasteiger partial charge in [0.2, 0.25) is 5.88 Å². The molecule has 1 aliphatic heterocycles. The molecule has 166 valence electrons. The highest BCUT2D eigenvalue weighted by molar-refractivity contribution is 5.95. The Balaban J connectivity index is 1.48. The summed E-state index contributed by atoms with van der Waals surface area (Å²) in [4.78, 5) is 17.9. The van der Waals surface area contributed by atoms with Crippen molar-refractivity contribution in [2.24, 2.45) is 5.73 Å². The SMILES string of the molecule is C[C@@H]1CN(Cc2ccc(-c3cccc(Oc4ncc(F)cc4C(N)=O)c3)cc2)C[C@H](C)N1. The predicted molar refractivity (Wildman–Crippen MR) is 122 cm³/mol. The van der Waals surface area contributed by atoms with Crippen LogP contribution in [0.15, 0.2) is 60.8 Å². The van der Waals surface area contributed by atoms with E-state index in [-0.39, 0.29) is 11.4 Å². The summed E-state index contributed by atoms with van der Waals surface area (Å²) >= 11 is 0. The lowest BCUT2D eigenvalue weighted by Crippen LogP contribution is -2.53. The summed E-state index contributed by atoms with van der Waals surface area (Å²) in [5.41, 5.74) is 8.49. The lowest BCUT2D eigenvalue weighted by molar-refractivity contribution is 0.0997. The first-order valence-electron chi connectivity index (χ1n) is 10.7. The van der Waals surface area contributed by atoms with Crippen molar-refractivity contribution in [3.63, 3.8) is 0 Å². The van der Waals surface area contributed by atoms with Gasteiger partial charge >= 0.3 is 0 Å². The van der Waals surface area contributed by atoms with E-state index in [1.807, 2.05) is 18.2 Å². The molecule has 0 saturated carbocycles. The second-order valence-electron chi connectivity index (χ2n) is 8.36. The van der Waals surface area contributed by atoms with Gasteiger partial charge in [-0.15, -0.1) is 0 Å². The molecule has 7 heteroatoms. The lowest BCUT2D eigenvalue weighted by atomic mass is 10.0. The molecule has 2 heterocycles. The van der Waals surface area contributed by atoms with Gasteiger partial charge in [0.25, 0.3) is 5.91 Å². The van der Waals surface area contributed by atoms with Crippen LogP contribution in [0.5, 0.6) is 11.6 Å². The summed E-state index contributed by atoms with van der Waals surface area (Å²) in [6.45, 7) is 7.43. The number of primary amides is 1. The molecule has 1 aromatic heterocycles. The van der Waals surface area contributed by atoms with E-state index in [9.17, 15) is 9.18 Å². The topological polar surface area (TPSA) is 80.5 Å². The summed E-state index contributed by atoms with van der Waals surface area (Å²) in [6, 6.07) is 17.9. The fourth-order valence-electron chi connectivity index (χ4n) is 4.17. The minimum atomic E-state index is -0.799. The zero-order valence-corrected chi connectivity index (χ0v) is 18.2. The molecule has 4 rings (SSSR count). The zero-order valence-electron chi connectivity index (χ0n) is 18.2. The molecule has 0 bridgehead atoms. The molecule has 0 spiro atoms. The number of hydrogen-bond donors (Lipinski definition) is 2. The Morgan fingerprint density at radius 2 is 1.84 bits per heavy atom. The average Bonchev–Trinajstić information content (AvgIpc) is 2.75. The van der Waals surface area contributed by atoms with Crippen molar-refractivity contribution in [2.75, 3.05) is 13.1 Å². The number of piperazine rings is 1. The van der Waals surface area contributed by atoms with Crippen LogP contribution in [-0.2, 0) is 6.54 Å². The van der Waals surface area contributed by atoms with Crippen LogP contribution >= 0.6 is 0 Å². The minimum absolute atomic E-state index is 0.0223. The molecule has 3 aromatic rings. The number of pyridine rings is 1. The molecule has 1 saturated heterocycles. The smallest absolute Gasteiger partial charge is 0.254 e. The summed E-state index contributed by atoms with van der Waals surface area (Å²) in [6.07, 6.45) is 0.990. The number of carbonyl (C=O) groups is 1. The van der Waals surface area contributed by atoms with E-state index < -0.39 is 11.7 Å². The van der Waals surface area contributed by atoms with Gasteiger partial charge in [-0.1, -0.05) is 36.4 Å². The molecular formula is C25H27FN4O2. The number of nitrogens with zero attached hydrogens (tertiary/aromatic N) is 2. The highest BCUT2D eigenvalue weighted by Crippen LogP contribution is 2.28. The van der Waals surface area contributed by atoms with E-state index >= 15 is 0 Å². The number of aromatic nitrogens is 1. The van der Waals surface area contributed by atoms with Crippen molar-refractivity contribution in [1.82, 2.24) is 15.2 Å². The van der Waals surface area contributed by atoms with Crippen LogP contribution in [0, 0.1) is 5.82 Å². The van der Waals surface area contributed by atoms with Crippen LogP contribution in [0.4, 0.5) is 4.39 Å². The molecule has 0 unspecified atom stereocenters. The van der Waals surface area contributed by atoms with Crippen molar-refractivity contribution in [2.45, 2.75) is 32.5 Å². The molecular weight excluding hydrogens is 407 g/mol. The fourth-order valence-corrected chi connectivity index (χ4v) is 4.17. The number of benzene rings is 2. The maximum absolute atomic E-state index is 13.4. The molecule has 0 aliphatic carbocycles. The highest BCUT2D eigenvalue weighted by atomic mass is 19.1. The fraction of sp³-hybridized carbons (Fsp3) is 0.280. The Bertz CT molecular complexity index is 1090. The van der Waals surface area contributed by atoms with Gasteiger partial charge in [-0.05, 0) is 48.7 Å². The first-order chi connectivity index (χ1) is 15.4. The minimum Gasteiger partial charge on any atom is -0.438 e. The van der Waals surface area contributed by atoms with Gasteiger partial charge in [0.05, 0.1) is 6.20 Å². The van der Waals surface area contributed by atoms with Gasteiger partial charge in [-0.3, -0.25) is 9.69 Å². The average molecular weight is 435 g/mol. The number of nitrogens with two attached hydrogens (primary N) is 1. The van der Waals surface area contributed by atoms with Gasteiger partial charge in [0, 0.05) is 31.7 Å². The summed E-state index contributed by atoms with van der Waals surface area (Å²) < 4.78 is 19.2. The Labute approximate surface area is 187 Å². The van der Waals surface area contributed by atoms with E-state index in [1.165, 1.54) is 5.56 Å². The van der Waals surface area contributed by atoms with Crippen LogP contribution in [0.2, 0.25) is 0 Å². The van der Waals surface area contributed by atoms with Gasteiger partial charge < -0.3 is 15.8 Å². The Kier molecular flexibility index (Phi) is 6.48. The third-order valence-corrected chi connectivity index (χ3v) is 5.46. The van der Waals surface area contributed by atoms with E-state index in [1.54, 1.807) is 6.07 Å². The van der Waals surface area contributed by atoms with Gasteiger partial charge in [-0.2, -0.15) is 0 Å². The third-order valence-electron chi connectivity index (χ3n) is 5.46. The number of nitrogens with one attached hydrogen (secondary N) is 1. The largest absolute Gasteiger partial charge is 0.438 e. The van der Waals surface area contributed by atoms with Crippen LogP contribution in [0.1, 0.15) is 29.8 Å². The highest BCUT2D eigenvalue weighted by Gasteiger charge is 2.20. The van der Waals surface area contributed by atoms with Crippen molar-refractivity contribution in [1.29, 1.82) is 0 Å². The first-order valence-corrected chi connectivity index (χ1v) is 10.7. The maximum atomic E-state index is 13.4. The van der Waals surface area contributed by atoms with Crippen molar-refractivity contribution in [3.05, 3.63) is 77.7 Å². The molecule has 1 amide bonds. The standard InChI is InChI=1S/C25H27FN4O2/c1-16-13-30(14-17(2)29-16)15-18-6-8-19(9-7-18)20-4-3-5-22(10-20)32-25-23(24(27)31)11-21(26)12-28-25/h3-12,16-17,29H,13-15H2,1-2H3,(H2,27,31)/t16-,17+. The van der Waals surface area contributed by atoms with Gasteiger partial charge in [0.15, 0.2) is 0 Å². The Morgan fingerprint density at radius 1 is 1.12 bits per heavy atom. The monoisotopic (exact) mass is 434 g/mol. The molecule has 3 N–H and O–H groups in total. The second-order valence-corrected chi connectivity index (χ2v) is 8.36. The molecule has 6 nitrogen and oxygen atoms in total. The normalized spacial score (nSPS) is 19.0. The number of carbonyl (C=O) groups excluding carboxylic acids is 1. The molecule has 1 aliphatic rings. The second kappa shape index (κ2) is 9.46. The molecule has 1 fully saturated rings. The first kappa shape index (κ1) is 21.9. The maximum Gasteiger partial charge on any atom is 0.254 e. The van der Waals surface area contributed by atoms with Crippen LogP contribution in [-0.4, -0.2) is 41.0 Å². The van der Waals surface area contributed by atoms with Crippen molar-refractivity contribution in [3.8, 4) is 22.8 Å². The van der Waals surface area contributed by atoms with Crippen molar-refractivity contribution >= 4 is 5.91 Å². The lowest BCUT2D eigenvalue weighted by Gasteiger charge is -2.36. The van der Waals surface area contributed by atoms with Gasteiger partial charge in [0.1, 0.15) is 17.1 Å². The summed E-state index contributed by atoms with van der Waals surface area (Å²) in [5.74, 6) is -0.986. The Morgan fingerprint density at radius 3 is 2.53 bits per heavy atom. The van der Waals surface area contributed by atoms with E-state index in [0.29, 0.717) is 17.8 Å². The number of ether oxygens (including phenoxy) is 1. The van der Waals surface area contributed by atoms with Gasteiger partial charge in [-0.25, -0.2) is 9.37 Å². The molecule has 2 atom stereocenters. The summed E-state index contributed by atoms with van der Waals surface area (Å²) in [7, 11) is 0. The third kappa shape index (κ3) is 5.30. The summed E-state index contributed by atoms with van der Waals surface area (Å²) in [5, 5.41) is 3.56. The molecule has 32 heavy (non-hydrogen) atoms. The number of amides is 1. The van der Waals surface area contributed by atoms with E-state index in [2.05, 4.69) is 53.3 Å². The zero-order chi connectivity index (χ0) is 22.7. The van der Waals surface area contributed by atoms with Crippen LogP contribution < -0.4 is 15.8 Å². The predicted octanol–water partition coefficient (Wildman–Crippen LogP) is 3.96. The van der Waals surface area contributed by atoms with Crippen LogP contribution in [0.25, 0.3) is 11.1 Å². The number of rotatable bonds is 6. The Hall–Kier alpha value is -3.29. The van der Waals surface area contributed by atoms with E-state index in [0.717, 1.165) is 43.0 Å². The molecule has 0 radical (unpaired) electrons. The van der Waals surface area contributed by atoms with Crippen molar-refractivity contribution < 1.29 is 13.9 Å².